The highest BCUT2D eigenvalue weighted by molar-refractivity contribution is 7.89. The fraction of sp³-hybridized carbons (Fsp3) is 0.364. The number of rotatable bonds is 9. The van der Waals surface area contributed by atoms with Gasteiger partial charge in [0, 0.05) is 40.0 Å². The molecule has 0 aliphatic rings. The van der Waals surface area contributed by atoms with Crippen molar-refractivity contribution in [2.45, 2.75) is 37.6 Å². The third-order valence-corrected chi connectivity index (χ3v) is 6.93. The maximum Gasteiger partial charge on any atom is 0.242 e. The van der Waals surface area contributed by atoms with Gasteiger partial charge in [-0.3, -0.25) is 4.79 Å². The SMILES string of the molecule is CCn1c(CCC(=O)NCCc2ccc(F)cc2)nc2cc(S(=O)(=O)N(C)C)ccc21. The highest BCUT2D eigenvalue weighted by Crippen LogP contribution is 2.22. The quantitative estimate of drug-likeness (QED) is 0.548. The second-order valence-corrected chi connectivity index (χ2v) is 9.59. The molecular formula is C22H27FN4O3S. The summed E-state index contributed by atoms with van der Waals surface area (Å²) >= 11 is 0. The van der Waals surface area contributed by atoms with Crippen LogP contribution in [0.15, 0.2) is 47.4 Å². The molecule has 0 aliphatic carbocycles. The molecule has 1 aromatic heterocycles. The van der Waals surface area contributed by atoms with E-state index in [1.54, 1.807) is 30.3 Å². The third-order valence-electron chi connectivity index (χ3n) is 5.12. The summed E-state index contributed by atoms with van der Waals surface area (Å²) < 4.78 is 40.9. The van der Waals surface area contributed by atoms with Gasteiger partial charge in [-0.25, -0.2) is 22.1 Å². The Bertz CT molecular complexity index is 1170. The van der Waals surface area contributed by atoms with Gasteiger partial charge in [0.1, 0.15) is 11.6 Å². The van der Waals surface area contributed by atoms with Gasteiger partial charge in [-0.05, 0) is 49.2 Å². The zero-order valence-corrected chi connectivity index (χ0v) is 18.7. The first-order chi connectivity index (χ1) is 14.7. The van der Waals surface area contributed by atoms with Crippen LogP contribution in [0.4, 0.5) is 4.39 Å². The number of carbonyl (C=O) groups is 1. The lowest BCUT2D eigenvalue weighted by atomic mass is 10.1. The number of fused-ring (bicyclic) bond motifs is 1. The van der Waals surface area contributed by atoms with Crippen LogP contribution >= 0.6 is 0 Å². The number of benzene rings is 2. The molecule has 0 radical (unpaired) electrons. The Balaban J connectivity index is 1.65. The van der Waals surface area contributed by atoms with Crippen LogP contribution in [-0.4, -0.2) is 48.8 Å². The second kappa shape index (κ2) is 9.57. The Morgan fingerprint density at radius 2 is 1.84 bits per heavy atom. The van der Waals surface area contributed by atoms with E-state index in [-0.39, 0.29) is 23.0 Å². The Labute approximate surface area is 181 Å². The largest absolute Gasteiger partial charge is 0.356 e. The van der Waals surface area contributed by atoms with Gasteiger partial charge in [0.25, 0.3) is 0 Å². The molecule has 0 fully saturated rings. The topological polar surface area (TPSA) is 84.3 Å². The fourth-order valence-electron chi connectivity index (χ4n) is 3.39. The summed E-state index contributed by atoms with van der Waals surface area (Å²) in [5, 5.41) is 2.87. The Hall–Kier alpha value is -2.78. The van der Waals surface area contributed by atoms with Crippen molar-refractivity contribution in [2.24, 2.45) is 0 Å². The third kappa shape index (κ3) is 5.29. The molecular weight excluding hydrogens is 419 g/mol. The average Bonchev–Trinajstić information content (AvgIpc) is 3.10. The van der Waals surface area contributed by atoms with E-state index in [2.05, 4.69) is 10.3 Å². The van der Waals surface area contributed by atoms with Crippen molar-refractivity contribution in [3.05, 3.63) is 59.7 Å². The van der Waals surface area contributed by atoms with Gasteiger partial charge in [-0.2, -0.15) is 0 Å². The van der Waals surface area contributed by atoms with Crippen LogP contribution in [0.5, 0.6) is 0 Å². The maximum atomic E-state index is 12.9. The lowest BCUT2D eigenvalue weighted by Gasteiger charge is -2.11. The Kier molecular flexibility index (Phi) is 7.07. The van der Waals surface area contributed by atoms with Crippen LogP contribution in [-0.2, 0) is 34.2 Å². The van der Waals surface area contributed by atoms with Crippen LogP contribution < -0.4 is 5.32 Å². The van der Waals surface area contributed by atoms with Crippen molar-refractivity contribution in [3.8, 4) is 0 Å². The number of nitrogens with one attached hydrogen (secondary N) is 1. The molecule has 0 aliphatic heterocycles. The van der Waals surface area contributed by atoms with Crippen LogP contribution in [0.2, 0.25) is 0 Å². The highest BCUT2D eigenvalue weighted by Gasteiger charge is 2.19. The number of nitrogens with zero attached hydrogens (tertiary/aromatic N) is 3. The van der Waals surface area contributed by atoms with E-state index in [0.717, 1.165) is 16.9 Å². The van der Waals surface area contributed by atoms with Crippen LogP contribution in [0.1, 0.15) is 24.7 Å². The van der Waals surface area contributed by atoms with Gasteiger partial charge < -0.3 is 9.88 Å². The summed E-state index contributed by atoms with van der Waals surface area (Å²) in [6, 6.07) is 11.1. The monoisotopic (exact) mass is 446 g/mol. The van der Waals surface area contributed by atoms with Gasteiger partial charge >= 0.3 is 0 Å². The molecule has 3 rings (SSSR count). The van der Waals surface area contributed by atoms with Gasteiger partial charge in [0.15, 0.2) is 0 Å². The molecule has 0 bridgehead atoms. The van der Waals surface area contributed by atoms with E-state index in [1.165, 1.54) is 30.5 Å². The van der Waals surface area contributed by atoms with Gasteiger partial charge in [0.2, 0.25) is 15.9 Å². The van der Waals surface area contributed by atoms with E-state index in [4.69, 9.17) is 0 Å². The van der Waals surface area contributed by atoms with E-state index >= 15 is 0 Å². The summed E-state index contributed by atoms with van der Waals surface area (Å²) in [6.07, 6.45) is 1.35. The number of carbonyl (C=O) groups excluding carboxylic acids is 1. The molecule has 31 heavy (non-hydrogen) atoms. The normalized spacial score (nSPS) is 11.9. The first kappa shape index (κ1) is 22.9. The minimum absolute atomic E-state index is 0.0901. The van der Waals surface area contributed by atoms with Crippen LogP contribution in [0, 0.1) is 5.82 Å². The molecule has 166 valence electrons. The Morgan fingerprint density at radius 1 is 1.13 bits per heavy atom. The predicted octanol–water partition coefficient (Wildman–Crippen LogP) is 2.74. The maximum absolute atomic E-state index is 12.9. The number of imidazole rings is 1. The lowest BCUT2D eigenvalue weighted by molar-refractivity contribution is -0.121. The molecule has 0 saturated carbocycles. The molecule has 3 aromatic rings. The van der Waals surface area contributed by atoms with E-state index in [9.17, 15) is 17.6 Å². The molecule has 0 saturated heterocycles. The Morgan fingerprint density at radius 3 is 2.48 bits per heavy atom. The predicted molar refractivity (Wildman–Crippen MR) is 118 cm³/mol. The zero-order chi connectivity index (χ0) is 22.6. The smallest absolute Gasteiger partial charge is 0.242 e. The van der Waals surface area contributed by atoms with E-state index in [1.807, 2.05) is 11.5 Å². The van der Waals surface area contributed by atoms with E-state index in [0.29, 0.717) is 31.4 Å². The summed E-state index contributed by atoms with van der Waals surface area (Å²) in [5.74, 6) is 0.372. The van der Waals surface area contributed by atoms with Gasteiger partial charge in [0.05, 0.1) is 15.9 Å². The van der Waals surface area contributed by atoms with Crippen molar-refractivity contribution in [2.75, 3.05) is 20.6 Å². The molecule has 1 amide bonds. The second-order valence-electron chi connectivity index (χ2n) is 7.44. The number of aromatic nitrogens is 2. The molecule has 0 unspecified atom stereocenters. The number of hydrogen-bond donors (Lipinski definition) is 1. The zero-order valence-electron chi connectivity index (χ0n) is 17.9. The highest BCUT2D eigenvalue weighted by atomic mass is 32.2. The molecule has 9 heteroatoms. The van der Waals surface area contributed by atoms with Crippen LogP contribution in [0.3, 0.4) is 0 Å². The van der Waals surface area contributed by atoms with Crippen molar-refractivity contribution >= 4 is 27.0 Å². The standard InChI is InChI=1S/C22H27FN4O3S/c1-4-27-20-10-9-18(31(29,30)26(2)3)15-19(20)25-21(27)11-12-22(28)24-14-13-16-5-7-17(23)8-6-16/h5-10,15H,4,11-14H2,1-3H3,(H,24,28). The number of halogens is 1. The molecule has 2 aromatic carbocycles. The summed E-state index contributed by atoms with van der Waals surface area (Å²) in [7, 11) is -0.560. The number of sulfonamides is 1. The number of aryl methyl sites for hydroxylation is 2. The van der Waals surface area contributed by atoms with Crippen molar-refractivity contribution in [1.82, 2.24) is 19.2 Å². The molecule has 0 atom stereocenters. The van der Waals surface area contributed by atoms with Crippen molar-refractivity contribution < 1.29 is 17.6 Å². The number of hydrogen-bond acceptors (Lipinski definition) is 4. The van der Waals surface area contributed by atoms with Crippen molar-refractivity contribution in [3.63, 3.8) is 0 Å². The van der Waals surface area contributed by atoms with Crippen LogP contribution in [0.25, 0.3) is 11.0 Å². The minimum Gasteiger partial charge on any atom is -0.356 e. The molecule has 7 nitrogen and oxygen atoms in total. The molecule has 1 N–H and O–H groups in total. The average molecular weight is 447 g/mol. The molecule has 1 heterocycles. The first-order valence-corrected chi connectivity index (χ1v) is 11.6. The van der Waals surface area contributed by atoms with Crippen molar-refractivity contribution in [1.29, 1.82) is 0 Å². The van der Waals surface area contributed by atoms with Gasteiger partial charge in [-0.1, -0.05) is 12.1 Å². The summed E-state index contributed by atoms with van der Waals surface area (Å²) in [5.41, 5.74) is 2.39. The summed E-state index contributed by atoms with van der Waals surface area (Å²) in [4.78, 5) is 17.0. The van der Waals surface area contributed by atoms with Gasteiger partial charge in [-0.15, -0.1) is 0 Å². The molecule has 0 spiro atoms. The number of amides is 1. The fourth-order valence-corrected chi connectivity index (χ4v) is 4.31. The lowest BCUT2D eigenvalue weighted by Crippen LogP contribution is -2.26. The minimum atomic E-state index is -3.54. The first-order valence-electron chi connectivity index (χ1n) is 10.1. The summed E-state index contributed by atoms with van der Waals surface area (Å²) in [6.45, 7) is 3.12. The van der Waals surface area contributed by atoms with E-state index < -0.39 is 10.0 Å².